The molecule has 0 aliphatic carbocycles. The van der Waals surface area contributed by atoms with E-state index in [1.807, 2.05) is 6.79 Å². The van der Waals surface area contributed by atoms with Crippen molar-refractivity contribution in [3.8, 4) is 0 Å². The Hall–Kier alpha value is -0.450. The number of piperazine rings is 1. The van der Waals surface area contributed by atoms with Crippen LogP contribution in [0.15, 0.2) is 0 Å². The van der Waals surface area contributed by atoms with Crippen molar-refractivity contribution in [3.63, 3.8) is 0 Å². The van der Waals surface area contributed by atoms with Gasteiger partial charge in [0.2, 0.25) is 0 Å². The third-order valence-corrected chi connectivity index (χ3v) is 1.65. The molecule has 0 aromatic heterocycles. The van der Waals surface area contributed by atoms with Crippen LogP contribution < -0.4 is 11.1 Å². The van der Waals surface area contributed by atoms with E-state index in [2.05, 4.69) is 10.2 Å². The zero-order valence-electron chi connectivity index (χ0n) is 6.88. The van der Waals surface area contributed by atoms with E-state index in [9.17, 15) is 0 Å². The summed E-state index contributed by atoms with van der Waals surface area (Å²) < 4.78 is 0. The molecule has 0 amide bonds. The van der Waals surface area contributed by atoms with Gasteiger partial charge in [0, 0.05) is 39.3 Å². The normalized spacial score (nSPS) is 18.6. The highest BCUT2D eigenvalue weighted by molar-refractivity contribution is 5.10. The van der Waals surface area contributed by atoms with E-state index < -0.39 is 0 Å². The molecule has 11 heavy (non-hydrogen) atoms. The Kier molecular flexibility index (Phi) is 7.34. The predicted molar refractivity (Wildman–Crippen MR) is 45.5 cm³/mol. The molecular formula is C7H17N3O. The number of nitrogens with two attached hydrogens (primary N) is 1. The van der Waals surface area contributed by atoms with Crippen molar-refractivity contribution >= 4 is 6.79 Å². The first-order valence-electron chi connectivity index (χ1n) is 3.85. The molecule has 0 unspecified atom stereocenters. The van der Waals surface area contributed by atoms with Gasteiger partial charge in [-0.15, -0.1) is 0 Å². The molecular weight excluding hydrogens is 142 g/mol. The second kappa shape index (κ2) is 7.65. The third kappa shape index (κ3) is 4.89. The molecule has 1 saturated heterocycles. The fraction of sp³-hybridized carbons (Fsp3) is 0.857. The Morgan fingerprint density at radius 1 is 1.36 bits per heavy atom. The summed E-state index contributed by atoms with van der Waals surface area (Å²) in [5.41, 5.74) is 5.40. The van der Waals surface area contributed by atoms with Crippen molar-refractivity contribution < 1.29 is 4.79 Å². The summed E-state index contributed by atoms with van der Waals surface area (Å²) in [6, 6.07) is 0. The van der Waals surface area contributed by atoms with Gasteiger partial charge in [0.15, 0.2) is 0 Å². The van der Waals surface area contributed by atoms with E-state index >= 15 is 0 Å². The predicted octanol–water partition coefficient (Wildman–Crippen LogP) is -1.33. The number of carbonyl (C=O) groups is 1. The summed E-state index contributed by atoms with van der Waals surface area (Å²) >= 11 is 0. The monoisotopic (exact) mass is 159 g/mol. The fourth-order valence-electron chi connectivity index (χ4n) is 1.12. The lowest BCUT2D eigenvalue weighted by Crippen LogP contribution is -2.45. The van der Waals surface area contributed by atoms with Crippen molar-refractivity contribution in [1.82, 2.24) is 10.2 Å². The largest absolute Gasteiger partial charge is 0.329 e. The summed E-state index contributed by atoms with van der Waals surface area (Å²) in [5, 5.41) is 3.29. The highest BCUT2D eigenvalue weighted by Crippen LogP contribution is 1.88. The average molecular weight is 159 g/mol. The molecule has 0 aromatic carbocycles. The van der Waals surface area contributed by atoms with Gasteiger partial charge in [-0.05, 0) is 0 Å². The molecule has 1 aliphatic heterocycles. The number of hydrogen-bond donors (Lipinski definition) is 2. The van der Waals surface area contributed by atoms with E-state index in [0.29, 0.717) is 0 Å². The maximum Gasteiger partial charge on any atom is 0.106 e. The first-order valence-corrected chi connectivity index (χ1v) is 3.85. The van der Waals surface area contributed by atoms with Crippen molar-refractivity contribution in [2.45, 2.75) is 0 Å². The summed E-state index contributed by atoms with van der Waals surface area (Å²) in [5.74, 6) is 0. The van der Waals surface area contributed by atoms with Crippen LogP contribution >= 0.6 is 0 Å². The summed E-state index contributed by atoms with van der Waals surface area (Å²) in [6.45, 7) is 8.43. The average Bonchev–Trinajstić information content (AvgIpc) is 2.11. The summed E-state index contributed by atoms with van der Waals surface area (Å²) in [4.78, 5) is 10.4. The Morgan fingerprint density at radius 2 is 1.91 bits per heavy atom. The first kappa shape index (κ1) is 10.6. The molecule has 1 heterocycles. The molecule has 1 rings (SSSR count). The van der Waals surface area contributed by atoms with Crippen molar-refractivity contribution in [2.24, 2.45) is 5.73 Å². The van der Waals surface area contributed by atoms with E-state index in [1.165, 1.54) is 0 Å². The van der Waals surface area contributed by atoms with Gasteiger partial charge in [-0.2, -0.15) is 0 Å². The minimum Gasteiger partial charge on any atom is -0.329 e. The van der Waals surface area contributed by atoms with Gasteiger partial charge in [0.1, 0.15) is 6.79 Å². The summed E-state index contributed by atoms with van der Waals surface area (Å²) in [7, 11) is 0. The van der Waals surface area contributed by atoms with Gasteiger partial charge >= 0.3 is 0 Å². The van der Waals surface area contributed by atoms with Crippen molar-refractivity contribution in [1.29, 1.82) is 0 Å². The molecule has 66 valence electrons. The first-order chi connectivity index (χ1) is 5.43. The second-order valence-electron chi connectivity index (χ2n) is 2.38. The molecule has 4 heteroatoms. The zero-order chi connectivity index (χ0) is 8.53. The molecule has 0 bridgehead atoms. The number of rotatable bonds is 2. The SMILES string of the molecule is C=O.NCCN1CCNCC1. The second-order valence-corrected chi connectivity index (χ2v) is 2.38. The maximum atomic E-state index is 8.00. The lowest BCUT2D eigenvalue weighted by atomic mass is 10.3. The Bertz CT molecular complexity index is 81.0. The van der Waals surface area contributed by atoms with Gasteiger partial charge in [0.25, 0.3) is 0 Å². The molecule has 1 fully saturated rings. The lowest BCUT2D eigenvalue weighted by Gasteiger charge is -2.26. The Morgan fingerprint density at radius 3 is 2.36 bits per heavy atom. The highest BCUT2D eigenvalue weighted by atomic mass is 16.1. The standard InChI is InChI=1S/C6H15N3.CH2O/c7-1-4-9-5-2-8-3-6-9;1-2/h8H,1-7H2;1H2. The van der Waals surface area contributed by atoms with E-state index in [-0.39, 0.29) is 0 Å². The quantitative estimate of drug-likeness (QED) is 0.524. The fourth-order valence-corrected chi connectivity index (χ4v) is 1.12. The minimum absolute atomic E-state index is 0.792. The molecule has 0 radical (unpaired) electrons. The number of carbonyl (C=O) groups excluding carboxylic acids is 1. The number of nitrogens with one attached hydrogen (secondary N) is 1. The van der Waals surface area contributed by atoms with Gasteiger partial charge in [-0.3, -0.25) is 4.90 Å². The van der Waals surface area contributed by atoms with Crippen LogP contribution in [0.1, 0.15) is 0 Å². The minimum atomic E-state index is 0.792. The van der Waals surface area contributed by atoms with Crippen LogP contribution in [-0.4, -0.2) is 51.0 Å². The Balaban J connectivity index is 0.000000461. The van der Waals surface area contributed by atoms with Gasteiger partial charge in [-0.1, -0.05) is 0 Å². The van der Waals surface area contributed by atoms with Gasteiger partial charge < -0.3 is 15.8 Å². The van der Waals surface area contributed by atoms with Crippen LogP contribution in [0.5, 0.6) is 0 Å². The van der Waals surface area contributed by atoms with Crippen LogP contribution in [0, 0.1) is 0 Å². The third-order valence-electron chi connectivity index (χ3n) is 1.65. The topological polar surface area (TPSA) is 58.4 Å². The van der Waals surface area contributed by atoms with Crippen LogP contribution in [0.25, 0.3) is 0 Å². The highest BCUT2D eigenvalue weighted by Gasteiger charge is 2.06. The zero-order valence-corrected chi connectivity index (χ0v) is 6.88. The van der Waals surface area contributed by atoms with E-state index in [4.69, 9.17) is 10.5 Å². The van der Waals surface area contributed by atoms with Gasteiger partial charge in [0.05, 0.1) is 0 Å². The van der Waals surface area contributed by atoms with Crippen LogP contribution in [0.2, 0.25) is 0 Å². The van der Waals surface area contributed by atoms with E-state index in [1.54, 1.807) is 0 Å². The van der Waals surface area contributed by atoms with Crippen LogP contribution in [0.3, 0.4) is 0 Å². The van der Waals surface area contributed by atoms with Crippen molar-refractivity contribution in [2.75, 3.05) is 39.3 Å². The van der Waals surface area contributed by atoms with Crippen LogP contribution in [0.4, 0.5) is 0 Å². The van der Waals surface area contributed by atoms with E-state index in [0.717, 1.165) is 39.3 Å². The van der Waals surface area contributed by atoms with Gasteiger partial charge in [-0.25, -0.2) is 0 Å². The summed E-state index contributed by atoms with van der Waals surface area (Å²) in [6.07, 6.45) is 0. The van der Waals surface area contributed by atoms with Crippen LogP contribution in [-0.2, 0) is 4.79 Å². The number of hydrogen-bond acceptors (Lipinski definition) is 4. The molecule has 0 spiro atoms. The van der Waals surface area contributed by atoms with Crippen molar-refractivity contribution in [3.05, 3.63) is 0 Å². The smallest absolute Gasteiger partial charge is 0.106 e. The molecule has 1 aliphatic rings. The molecule has 4 nitrogen and oxygen atoms in total. The number of nitrogens with zero attached hydrogens (tertiary/aromatic N) is 1. The Labute approximate surface area is 67.7 Å². The maximum absolute atomic E-state index is 8.00. The molecule has 0 atom stereocenters. The lowest BCUT2D eigenvalue weighted by molar-refractivity contribution is -0.0979. The molecule has 0 saturated carbocycles. The molecule has 3 N–H and O–H groups in total. The molecule has 0 aromatic rings.